The van der Waals surface area contributed by atoms with Crippen LogP contribution >= 0.6 is 15.9 Å². The Hall–Kier alpha value is -3.33. The zero-order valence-corrected chi connectivity index (χ0v) is 25.1. The van der Waals surface area contributed by atoms with E-state index in [1.54, 1.807) is 0 Å². The zero-order chi connectivity index (χ0) is 28.2. The molecule has 1 N–H and O–H groups in total. The highest BCUT2D eigenvalue weighted by Gasteiger charge is 2.29. The Balaban J connectivity index is 1.28. The van der Waals surface area contributed by atoms with Crippen LogP contribution in [-0.2, 0) is 11.3 Å². The summed E-state index contributed by atoms with van der Waals surface area (Å²) in [4.78, 5) is 32.7. The number of likely N-dealkylation sites (tertiary alicyclic amines) is 1. The third-order valence-electron chi connectivity index (χ3n) is 7.81. The van der Waals surface area contributed by atoms with Crippen molar-refractivity contribution in [2.75, 3.05) is 13.1 Å². The van der Waals surface area contributed by atoms with Gasteiger partial charge < -0.3 is 23.9 Å². The molecule has 9 heteroatoms. The Morgan fingerprint density at radius 3 is 2.67 bits per heavy atom. The van der Waals surface area contributed by atoms with Crippen LogP contribution in [0.25, 0.3) is 27.9 Å². The van der Waals surface area contributed by atoms with Crippen LogP contribution in [0.4, 0.5) is 4.79 Å². The summed E-state index contributed by atoms with van der Waals surface area (Å²) in [6.07, 6.45) is 5.67. The summed E-state index contributed by atoms with van der Waals surface area (Å²) >= 11 is 3.90. The van der Waals surface area contributed by atoms with E-state index in [4.69, 9.17) is 9.72 Å². The van der Waals surface area contributed by atoms with E-state index in [0.717, 1.165) is 46.6 Å². The monoisotopic (exact) mass is 605 g/mol. The SMILES string of the molecule is Cc1c(-c2c(Br)c3ccccc3n2CC2CC2)nc2cc(C(=O)N3CCCC(NC(=O)OC(C)(C)C)C3)ccn12. The molecule has 1 saturated heterocycles. The van der Waals surface area contributed by atoms with Crippen molar-refractivity contribution in [1.82, 2.24) is 24.2 Å². The highest BCUT2D eigenvalue weighted by atomic mass is 79.9. The predicted octanol–water partition coefficient (Wildman–Crippen LogP) is 6.57. The van der Waals surface area contributed by atoms with Crippen LogP contribution in [0.1, 0.15) is 62.5 Å². The van der Waals surface area contributed by atoms with Gasteiger partial charge in [-0.25, -0.2) is 9.78 Å². The molecule has 1 aliphatic carbocycles. The van der Waals surface area contributed by atoms with Gasteiger partial charge in [-0.1, -0.05) is 18.2 Å². The number of aromatic nitrogens is 3. The lowest BCUT2D eigenvalue weighted by atomic mass is 10.0. The summed E-state index contributed by atoms with van der Waals surface area (Å²) in [5.41, 5.74) is 5.04. The lowest BCUT2D eigenvalue weighted by molar-refractivity contribution is 0.0452. The normalized spacial score (nSPS) is 17.9. The molecule has 1 saturated carbocycles. The van der Waals surface area contributed by atoms with Crippen LogP contribution in [0.5, 0.6) is 0 Å². The molecule has 1 unspecified atom stereocenters. The Kier molecular flexibility index (Phi) is 6.89. The number of hydrogen-bond acceptors (Lipinski definition) is 4. The van der Waals surface area contributed by atoms with Crippen LogP contribution in [0.15, 0.2) is 47.1 Å². The number of halogens is 1. The number of imidazole rings is 1. The van der Waals surface area contributed by atoms with E-state index in [-0.39, 0.29) is 11.9 Å². The van der Waals surface area contributed by atoms with Gasteiger partial charge in [0.05, 0.1) is 10.2 Å². The van der Waals surface area contributed by atoms with Crippen molar-refractivity contribution in [1.29, 1.82) is 0 Å². The summed E-state index contributed by atoms with van der Waals surface area (Å²) < 4.78 is 10.9. The molecule has 4 heterocycles. The fourth-order valence-electron chi connectivity index (χ4n) is 5.70. The number of piperidine rings is 1. The number of benzene rings is 1. The molecule has 2 aliphatic rings. The summed E-state index contributed by atoms with van der Waals surface area (Å²) in [6.45, 7) is 9.69. The second-order valence-electron chi connectivity index (χ2n) is 12.2. The molecule has 40 heavy (non-hydrogen) atoms. The maximum atomic E-state index is 13.6. The first-order valence-electron chi connectivity index (χ1n) is 14.1. The Bertz CT molecular complexity index is 1610. The highest BCUT2D eigenvalue weighted by Crippen LogP contribution is 2.42. The van der Waals surface area contributed by atoms with Crippen molar-refractivity contribution in [3.63, 3.8) is 0 Å². The van der Waals surface area contributed by atoms with Gasteiger partial charge in [-0.2, -0.15) is 0 Å². The molecule has 2 fully saturated rings. The second-order valence-corrected chi connectivity index (χ2v) is 13.0. The molecule has 8 nitrogen and oxygen atoms in total. The summed E-state index contributed by atoms with van der Waals surface area (Å²) in [5, 5.41) is 4.12. The van der Waals surface area contributed by atoms with E-state index >= 15 is 0 Å². The molecule has 4 aromatic rings. The van der Waals surface area contributed by atoms with Gasteiger partial charge in [0.1, 0.15) is 16.9 Å². The van der Waals surface area contributed by atoms with Gasteiger partial charge in [-0.3, -0.25) is 4.79 Å². The van der Waals surface area contributed by atoms with E-state index < -0.39 is 11.7 Å². The standard InChI is InChI=1S/C31H36BrN5O3/c1-19-27(28-26(32)23-9-5-6-10-24(23)37(28)17-20-11-12-20)34-25-16-21(13-15-36(19)25)29(38)35-14-7-8-22(18-35)33-30(39)40-31(2,3)4/h5-6,9-10,13,15-16,20,22H,7-8,11-12,14,17-18H2,1-4H3,(H,33,39). The average molecular weight is 607 g/mol. The van der Waals surface area contributed by atoms with Crippen molar-refractivity contribution in [3.05, 3.63) is 58.3 Å². The average Bonchev–Trinajstić information content (AvgIpc) is 3.62. The molecule has 3 aromatic heterocycles. The number of alkyl carbamates (subject to hydrolysis) is 1. The fourth-order valence-corrected chi connectivity index (χ4v) is 6.44. The molecule has 0 radical (unpaired) electrons. The number of rotatable bonds is 5. The summed E-state index contributed by atoms with van der Waals surface area (Å²) in [6, 6.07) is 12.1. The number of nitrogens with zero attached hydrogens (tertiary/aromatic N) is 4. The number of ether oxygens (including phenoxy) is 1. The maximum absolute atomic E-state index is 13.6. The summed E-state index contributed by atoms with van der Waals surface area (Å²) in [5.74, 6) is 0.658. The largest absolute Gasteiger partial charge is 0.444 e. The highest BCUT2D eigenvalue weighted by molar-refractivity contribution is 9.10. The molecule has 1 aliphatic heterocycles. The molecule has 6 rings (SSSR count). The fraction of sp³-hybridized carbons (Fsp3) is 0.452. The van der Waals surface area contributed by atoms with Crippen molar-refractivity contribution < 1.29 is 14.3 Å². The number of fused-ring (bicyclic) bond motifs is 2. The molecule has 210 valence electrons. The predicted molar refractivity (Wildman–Crippen MR) is 160 cm³/mol. The third-order valence-corrected chi connectivity index (χ3v) is 8.62. The van der Waals surface area contributed by atoms with E-state index in [1.807, 2.05) is 44.0 Å². The van der Waals surface area contributed by atoms with Gasteiger partial charge in [0, 0.05) is 54.0 Å². The Labute approximate surface area is 242 Å². The molecular formula is C31H36BrN5O3. The zero-order valence-electron chi connectivity index (χ0n) is 23.5. The first-order valence-corrected chi connectivity index (χ1v) is 14.9. The van der Waals surface area contributed by atoms with Crippen molar-refractivity contribution >= 4 is 44.5 Å². The molecule has 1 atom stereocenters. The van der Waals surface area contributed by atoms with Crippen LogP contribution in [0.2, 0.25) is 0 Å². The van der Waals surface area contributed by atoms with Crippen molar-refractivity contribution in [2.45, 2.75) is 71.6 Å². The smallest absolute Gasteiger partial charge is 0.407 e. The first-order chi connectivity index (χ1) is 19.1. The number of carbonyl (C=O) groups is 2. The number of para-hydroxylation sites is 1. The van der Waals surface area contributed by atoms with Crippen LogP contribution in [-0.4, -0.2) is 55.6 Å². The van der Waals surface area contributed by atoms with Gasteiger partial charge in [0.2, 0.25) is 0 Å². The number of nitrogens with one attached hydrogen (secondary N) is 1. The Morgan fingerprint density at radius 2 is 1.93 bits per heavy atom. The number of amides is 2. The van der Waals surface area contributed by atoms with Gasteiger partial charge >= 0.3 is 6.09 Å². The minimum absolute atomic E-state index is 0.0515. The number of carbonyl (C=O) groups excluding carboxylic acids is 2. The molecule has 2 amide bonds. The molecule has 0 bridgehead atoms. The van der Waals surface area contributed by atoms with E-state index in [1.165, 1.54) is 23.7 Å². The molecule has 1 aromatic carbocycles. The lowest BCUT2D eigenvalue weighted by Crippen LogP contribution is -2.50. The molecular weight excluding hydrogens is 570 g/mol. The second kappa shape index (κ2) is 10.3. The van der Waals surface area contributed by atoms with Gasteiger partial charge in [0.25, 0.3) is 5.91 Å². The van der Waals surface area contributed by atoms with Crippen LogP contribution in [0.3, 0.4) is 0 Å². The van der Waals surface area contributed by atoms with E-state index in [9.17, 15) is 9.59 Å². The molecule has 0 spiro atoms. The number of pyridine rings is 1. The number of aryl methyl sites for hydroxylation is 1. The number of hydrogen-bond donors (Lipinski definition) is 1. The lowest BCUT2D eigenvalue weighted by Gasteiger charge is -2.33. The van der Waals surface area contributed by atoms with Crippen LogP contribution < -0.4 is 5.32 Å². The quantitative estimate of drug-likeness (QED) is 0.279. The van der Waals surface area contributed by atoms with E-state index in [2.05, 4.69) is 61.4 Å². The van der Waals surface area contributed by atoms with Crippen LogP contribution in [0, 0.1) is 12.8 Å². The van der Waals surface area contributed by atoms with Gasteiger partial charge in [-0.05, 0) is 93.4 Å². The Morgan fingerprint density at radius 1 is 1.15 bits per heavy atom. The van der Waals surface area contributed by atoms with E-state index in [0.29, 0.717) is 24.6 Å². The third kappa shape index (κ3) is 5.23. The summed E-state index contributed by atoms with van der Waals surface area (Å²) in [7, 11) is 0. The maximum Gasteiger partial charge on any atom is 0.407 e. The minimum Gasteiger partial charge on any atom is -0.444 e. The topological polar surface area (TPSA) is 80.9 Å². The van der Waals surface area contributed by atoms with Gasteiger partial charge in [0.15, 0.2) is 0 Å². The van der Waals surface area contributed by atoms with Crippen molar-refractivity contribution in [2.24, 2.45) is 5.92 Å². The van der Waals surface area contributed by atoms with Gasteiger partial charge in [-0.15, -0.1) is 0 Å². The first kappa shape index (κ1) is 26.9. The van der Waals surface area contributed by atoms with Crippen molar-refractivity contribution in [3.8, 4) is 11.4 Å². The minimum atomic E-state index is -0.563.